The van der Waals surface area contributed by atoms with E-state index in [9.17, 15) is 0 Å². The topological polar surface area (TPSA) is 55.9 Å². The predicted octanol–water partition coefficient (Wildman–Crippen LogP) is 4.02. The van der Waals surface area contributed by atoms with Crippen molar-refractivity contribution in [3.8, 4) is 0 Å². The zero-order valence-corrected chi connectivity index (χ0v) is 15.3. The number of hydrogen-bond donors (Lipinski definition) is 2. The number of aryl methyl sites for hydroxylation is 1. The Morgan fingerprint density at radius 2 is 2.00 bits per heavy atom. The van der Waals surface area contributed by atoms with Gasteiger partial charge < -0.3 is 0 Å². The van der Waals surface area contributed by atoms with Crippen LogP contribution in [0.25, 0.3) is 0 Å². The second kappa shape index (κ2) is 6.80. The van der Waals surface area contributed by atoms with Gasteiger partial charge in [0.05, 0.1) is 22.4 Å². The van der Waals surface area contributed by atoms with Gasteiger partial charge in [0.25, 0.3) is 0 Å². The van der Waals surface area contributed by atoms with Crippen molar-refractivity contribution in [2.75, 3.05) is 0 Å². The highest BCUT2D eigenvalue weighted by atomic mass is 79.9. The minimum atomic E-state index is 0.183. The molecule has 0 spiro atoms. The van der Waals surface area contributed by atoms with E-state index < -0.39 is 0 Å². The number of halogens is 1. The van der Waals surface area contributed by atoms with Gasteiger partial charge in [-0.25, -0.2) is 0 Å². The van der Waals surface area contributed by atoms with Crippen LogP contribution in [0.15, 0.2) is 10.7 Å². The SMILES string of the molecule is CCn1ncc(Br)c1C(NN)C1CCC(C(C)(C)C)CC1. The smallest absolute Gasteiger partial charge is 0.0711 e. The first-order valence-electron chi connectivity index (χ1n) is 8.05. The van der Waals surface area contributed by atoms with Gasteiger partial charge in [-0.05, 0) is 65.8 Å². The quantitative estimate of drug-likeness (QED) is 0.632. The van der Waals surface area contributed by atoms with E-state index in [2.05, 4.69) is 54.1 Å². The van der Waals surface area contributed by atoms with Crippen LogP contribution in [0.1, 0.15) is 65.1 Å². The Morgan fingerprint density at radius 3 is 2.48 bits per heavy atom. The summed E-state index contributed by atoms with van der Waals surface area (Å²) >= 11 is 3.63. The molecule has 3 N–H and O–H groups in total. The Hall–Kier alpha value is -0.390. The third kappa shape index (κ3) is 3.69. The number of hydrazine groups is 1. The highest BCUT2D eigenvalue weighted by Gasteiger charge is 2.34. The number of nitrogens with zero attached hydrogens (tertiary/aromatic N) is 2. The van der Waals surface area contributed by atoms with Crippen molar-refractivity contribution in [2.45, 2.75) is 66.0 Å². The molecule has 0 amide bonds. The van der Waals surface area contributed by atoms with E-state index in [1.807, 2.05) is 10.9 Å². The van der Waals surface area contributed by atoms with Gasteiger partial charge >= 0.3 is 0 Å². The molecule has 21 heavy (non-hydrogen) atoms. The Bertz CT molecular complexity index is 455. The van der Waals surface area contributed by atoms with Crippen LogP contribution in [0.3, 0.4) is 0 Å². The molecule has 1 saturated carbocycles. The molecule has 1 fully saturated rings. The van der Waals surface area contributed by atoms with Crippen LogP contribution in [0.5, 0.6) is 0 Å². The summed E-state index contributed by atoms with van der Waals surface area (Å²) in [6.07, 6.45) is 6.94. The predicted molar refractivity (Wildman–Crippen MR) is 90.6 cm³/mol. The van der Waals surface area contributed by atoms with Crippen LogP contribution in [0, 0.1) is 17.3 Å². The third-order valence-corrected chi connectivity index (χ3v) is 5.69. The lowest BCUT2D eigenvalue weighted by atomic mass is 9.68. The summed E-state index contributed by atoms with van der Waals surface area (Å²) in [5.41, 5.74) is 4.67. The van der Waals surface area contributed by atoms with Crippen LogP contribution in [-0.4, -0.2) is 9.78 Å². The van der Waals surface area contributed by atoms with Crippen LogP contribution in [-0.2, 0) is 6.54 Å². The molecule has 5 heteroatoms. The Morgan fingerprint density at radius 1 is 1.38 bits per heavy atom. The van der Waals surface area contributed by atoms with Crippen LogP contribution in [0.4, 0.5) is 0 Å². The Kier molecular flexibility index (Phi) is 5.49. The molecule has 0 radical (unpaired) electrons. The lowest BCUT2D eigenvalue weighted by Gasteiger charge is -2.39. The standard InChI is InChI=1S/C16H29BrN4/c1-5-21-15(13(17)10-19-21)14(20-18)11-6-8-12(9-7-11)16(2,3)4/h10-12,14,20H,5-9,18H2,1-4H3. The van der Waals surface area contributed by atoms with Gasteiger partial charge in [0.1, 0.15) is 0 Å². The molecule has 1 aliphatic rings. The summed E-state index contributed by atoms with van der Waals surface area (Å²) in [5, 5.41) is 4.43. The van der Waals surface area contributed by atoms with Gasteiger partial charge in [-0.15, -0.1) is 0 Å². The molecule has 0 aromatic carbocycles. The van der Waals surface area contributed by atoms with E-state index in [1.54, 1.807) is 0 Å². The van der Waals surface area contributed by atoms with E-state index in [-0.39, 0.29) is 6.04 Å². The second-order valence-electron chi connectivity index (χ2n) is 7.32. The van der Waals surface area contributed by atoms with Gasteiger partial charge in [0.2, 0.25) is 0 Å². The average Bonchev–Trinajstić information content (AvgIpc) is 2.81. The largest absolute Gasteiger partial charge is 0.271 e. The molecule has 1 aromatic heterocycles. The van der Waals surface area contributed by atoms with E-state index >= 15 is 0 Å². The average molecular weight is 357 g/mol. The van der Waals surface area contributed by atoms with Crippen LogP contribution in [0.2, 0.25) is 0 Å². The molecule has 2 rings (SSSR count). The molecule has 1 atom stereocenters. The maximum Gasteiger partial charge on any atom is 0.0711 e. The fourth-order valence-corrected chi connectivity index (χ4v) is 4.23. The summed E-state index contributed by atoms with van der Waals surface area (Å²) < 4.78 is 3.11. The normalized spacial score (nSPS) is 25.0. The maximum atomic E-state index is 5.90. The summed E-state index contributed by atoms with van der Waals surface area (Å²) in [6.45, 7) is 10.1. The van der Waals surface area contributed by atoms with E-state index in [0.717, 1.165) is 16.9 Å². The third-order valence-electron chi connectivity index (χ3n) is 5.07. The molecule has 0 saturated heterocycles. The molecule has 1 aliphatic carbocycles. The van der Waals surface area contributed by atoms with Crippen molar-refractivity contribution < 1.29 is 0 Å². The Balaban J connectivity index is 2.11. The van der Waals surface area contributed by atoms with Crippen molar-refractivity contribution in [3.63, 3.8) is 0 Å². The van der Waals surface area contributed by atoms with Gasteiger partial charge in [-0.1, -0.05) is 20.8 Å². The minimum Gasteiger partial charge on any atom is -0.271 e. The molecule has 1 aromatic rings. The van der Waals surface area contributed by atoms with E-state index in [1.165, 1.54) is 31.4 Å². The summed E-state index contributed by atoms with van der Waals surface area (Å²) in [4.78, 5) is 0. The van der Waals surface area contributed by atoms with E-state index in [4.69, 9.17) is 5.84 Å². The molecule has 1 unspecified atom stereocenters. The van der Waals surface area contributed by atoms with Gasteiger partial charge in [-0.2, -0.15) is 5.10 Å². The first-order chi connectivity index (χ1) is 9.88. The highest BCUT2D eigenvalue weighted by Crippen LogP contribution is 2.44. The van der Waals surface area contributed by atoms with Crippen LogP contribution >= 0.6 is 15.9 Å². The molecular weight excluding hydrogens is 328 g/mol. The molecule has 0 aliphatic heterocycles. The van der Waals surface area contributed by atoms with Gasteiger partial charge in [0.15, 0.2) is 0 Å². The van der Waals surface area contributed by atoms with Gasteiger partial charge in [0, 0.05) is 6.54 Å². The van der Waals surface area contributed by atoms with Crippen LogP contribution < -0.4 is 11.3 Å². The molecular formula is C16H29BrN4. The second-order valence-corrected chi connectivity index (χ2v) is 8.17. The van der Waals surface area contributed by atoms with Crippen molar-refractivity contribution in [3.05, 3.63) is 16.4 Å². The zero-order valence-electron chi connectivity index (χ0n) is 13.7. The summed E-state index contributed by atoms with van der Waals surface area (Å²) in [6, 6.07) is 0.183. The minimum absolute atomic E-state index is 0.183. The van der Waals surface area contributed by atoms with Gasteiger partial charge in [-0.3, -0.25) is 16.0 Å². The van der Waals surface area contributed by atoms with Crippen molar-refractivity contribution in [1.82, 2.24) is 15.2 Å². The van der Waals surface area contributed by atoms with Crippen molar-refractivity contribution >= 4 is 15.9 Å². The maximum absolute atomic E-state index is 5.90. The molecule has 120 valence electrons. The monoisotopic (exact) mass is 356 g/mol. The molecule has 1 heterocycles. The Labute approximate surface area is 137 Å². The fourth-order valence-electron chi connectivity index (χ4n) is 3.69. The summed E-state index contributed by atoms with van der Waals surface area (Å²) in [5.74, 6) is 7.31. The van der Waals surface area contributed by atoms with Crippen molar-refractivity contribution in [1.29, 1.82) is 0 Å². The number of nitrogens with two attached hydrogens (primary N) is 1. The number of rotatable bonds is 4. The van der Waals surface area contributed by atoms with E-state index in [0.29, 0.717) is 11.3 Å². The first kappa shape index (κ1) is 17.0. The first-order valence-corrected chi connectivity index (χ1v) is 8.85. The number of nitrogens with one attached hydrogen (secondary N) is 1. The highest BCUT2D eigenvalue weighted by molar-refractivity contribution is 9.10. The molecule has 4 nitrogen and oxygen atoms in total. The zero-order chi connectivity index (χ0) is 15.6. The summed E-state index contributed by atoms with van der Waals surface area (Å²) in [7, 11) is 0. The number of hydrogen-bond acceptors (Lipinski definition) is 3. The number of aromatic nitrogens is 2. The fraction of sp³-hybridized carbons (Fsp3) is 0.812. The molecule has 0 bridgehead atoms. The lowest BCUT2D eigenvalue weighted by molar-refractivity contribution is 0.130. The van der Waals surface area contributed by atoms with Crippen molar-refractivity contribution in [2.24, 2.45) is 23.1 Å². The lowest BCUT2D eigenvalue weighted by Crippen LogP contribution is -2.38.